The molecule has 0 spiro atoms. The molecule has 0 unspecified atom stereocenters. The Balaban J connectivity index is 3.07. The third-order valence-electron chi connectivity index (χ3n) is 2.04. The molecule has 0 radical (unpaired) electrons. The number of carbonyl (C=O) groups is 1. The van der Waals surface area contributed by atoms with E-state index in [9.17, 15) is 9.18 Å². The molecule has 0 fully saturated rings. The maximum Gasteiger partial charge on any atom is 0.191 e. The van der Waals surface area contributed by atoms with Gasteiger partial charge in [-0.05, 0) is 25.0 Å². The van der Waals surface area contributed by atoms with Gasteiger partial charge in [0.25, 0.3) is 0 Å². The lowest BCUT2D eigenvalue weighted by molar-refractivity contribution is 0.102. The van der Waals surface area contributed by atoms with Crippen LogP contribution in [0.1, 0.15) is 30.6 Å². The number of halogens is 1. The lowest BCUT2D eigenvalue weighted by Crippen LogP contribution is -2.05. The Hall–Kier alpha value is -1.51. The average molecular weight is 193 g/mol. The smallest absolute Gasteiger partial charge is 0.191 e. The summed E-state index contributed by atoms with van der Waals surface area (Å²) in [5.74, 6) is -0.819. The molecule has 0 aliphatic heterocycles. The van der Waals surface area contributed by atoms with Gasteiger partial charge in [0.15, 0.2) is 11.6 Å². The molecule has 14 heavy (non-hydrogen) atoms. The Labute approximate surface area is 82.5 Å². The van der Waals surface area contributed by atoms with Crippen LogP contribution in [-0.2, 0) is 0 Å². The van der Waals surface area contributed by atoms with Crippen molar-refractivity contribution in [3.63, 3.8) is 0 Å². The van der Waals surface area contributed by atoms with Crippen LogP contribution in [0.5, 0.6) is 0 Å². The highest BCUT2D eigenvalue weighted by molar-refractivity contribution is 6.08. The van der Waals surface area contributed by atoms with Crippen molar-refractivity contribution in [2.45, 2.75) is 20.3 Å². The van der Waals surface area contributed by atoms with E-state index in [1.54, 1.807) is 13.0 Å². The Bertz CT molecular complexity index is 371. The van der Waals surface area contributed by atoms with E-state index in [2.05, 4.69) is 4.98 Å². The Morgan fingerprint density at radius 1 is 1.64 bits per heavy atom. The zero-order valence-electron chi connectivity index (χ0n) is 8.25. The largest absolute Gasteiger partial charge is 0.289 e. The van der Waals surface area contributed by atoms with Crippen molar-refractivity contribution in [3.05, 3.63) is 41.5 Å². The number of hydrogen-bond acceptors (Lipinski definition) is 2. The summed E-state index contributed by atoms with van der Waals surface area (Å²) in [7, 11) is 0. The molecular formula is C11H12FNO. The number of aromatic nitrogens is 1. The first-order chi connectivity index (χ1) is 6.70. The van der Waals surface area contributed by atoms with E-state index >= 15 is 0 Å². The summed E-state index contributed by atoms with van der Waals surface area (Å²) in [6.07, 6.45) is 4.79. The monoisotopic (exact) mass is 193 g/mol. The van der Waals surface area contributed by atoms with Gasteiger partial charge in [-0.25, -0.2) is 4.39 Å². The molecule has 0 N–H and O–H groups in total. The predicted molar refractivity (Wildman–Crippen MR) is 52.6 cm³/mol. The van der Waals surface area contributed by atoms with E-state index in [0.717, 1.165) is 6.20 Å². The van der Waals surface area contributed by atoms with Gasteiger partial charge in [0.2, 0.25) is 0 Å². The number of ketones is 1. The van der Waals surface area contributed by atoms with Crippen molar-refractivity contribution < 1.29 is 9.18 Å². The highest BCUT2D eigenvalue weighted by Gasteiger charge is 2.13. The van der Waals surface area contributed by atoms with Crippen LogP contribution in [0.2, 0.25) is 0 Å². The minimum Gasteiger partial charge on any atom is -0.289 e. The second-order valence-corrected chi connectivity index (χ2v) is 2.85. The van der Waals surface area contributed by atoms with Crippen molar-refractivity contribution in [2.75, 3.05) is 0 Å². The van der Waals surface area contributed by atoms with Gasteiger partial charge in [-0.15, -0.1) is 0 Å². The second kappa shape index (κ2) is 4.65. The van der Waals surface area contributed by atoms with E-state index in [-0.39, 0.29) is 11.3 Å². The number of hydrogen-bond donors (Lipinski definition) is 0. The molecule has 1 aromatic heterocycles. The molecule has 3 heteroatoms. The normalized spacial score (nSPS) is 11.5. The third-order valence-corrected chi connectivity index (χ3v) is 2.04. The first-order valence-electron chi connectivity index (χ1n) is 4.50. The molecule has 74 valence electrons. The molecular weight excluding hydrogens is 181 g/mol. The summed E-state index contributed by atoms with van der Waals surface area (Å²) in [5, 5.41) is 0. The molecule has 0 saturated carbocycles. The standard InChI is InChI=1S/C11H12FNO/c1-3-8(4-2)11(14)9-5-6-13-7-10(9)12/h3,5-7H,4H2,1-2H3/b8-3-. The molecule has 0 aliphatic rings. The van der Waals surface area contributed by atoms with Gasteiger partial charge in [-0.3, -0.25) is 9.78 Å². The molecule has 0 amide bonds. The van der Waals surface area contributed by atoms with Crippen LogP contribution in [0.4, 0.5) is 4.39 Å². The number of allylic oxidation sites excluding steroid dienone is 2. The van der Waals surface area contributed by atoms with Crippen LogP contribution in [0, 0.1) is 5.82 Å². The fourth-order valence-electron chi connectivity index (χ4n) is 1.23. The minimum absolute atomic E-state index is 0.0925. The SMILES string of the molecule is C/C=C(/CC)C(=O)c1ccncc1F. The van der Waals surface area contributed by atoms with Crippen LogP contribution in [0.15, 0.2) is 30.1 Å². The van der Waals surface area contributed by atoms with Crippen LogP contribution in [-0.4, -0.2) is 10.8 Å². The predicted octanol–water partition coefficient (Wildman–Crippen LogP) is 2.76. The summed E-state index contributed by atoms with van der Waals surface area (Å²) >= 11 is 0. The fourth-order valence-corrected chi connectivity index (χ4v) is 1.23. The van der Waals surface area contributed by atoms with Crippen molar-refractivity contribution in [1.82, 2.24) is 4.98 Å². The lowest BCUT2D eigenvalue weighted by Gasteiger charge is -2.03. The number of carbonyl (C=O) groups excluding carboxylic acids is 1. The molecule has 1 rings (SSSR count). The highest BCUT2D eigenvalue weighted by Crippen LogP contribution is 2.13. The molecule has 0 aromatic carbocycles. The van der Waals surface area contributed by atoms with Gasteiger partial charge in [-0.1, -0.05) is 13.0 Å². The van der Waals surface area contributed by atoms with Crippen molar-refractivity contribution in [2.24, 2.45) is 0 Å². The maximum absolute atomic E-state index is 13.2. The lowest BCUT2D eigenvalue weighted by atomic mass is 10.0. The Morgan fingerprint density at radius 2 is 2.36 bits per heavy atom. The zero-order valence-corrected chi connectivity index (χ0v) is 8.25. The molecule has 0 aliphatic carbocycles. The van der Waals surface area contributed by atoms with Gasteiger partial charge in [-0.2, -0.15) is 0 Å². The summed E-state index contributed by atoms with van der Waals surface area (Å²) in [5.41, 5.74) is 0.713. The van der Waals surface area contributed by atoms with Crippen molar-refractivity contribution >= 4 is 5.78 Å². The second-order valence-electron chi connectivity index (χ2n) is 2.85. The Kier molecular flexibility index (Phi) is 3.51. The van der Waals surface area contributed by atoms with E-state index in [4.69, 9.17) is 0 Å². The third kappa shape index (κ3) is 2.05. The van der Waals surface area contributed by atoms with Crippen molar-refractivity contribution in [1.29, 1.82) is 0 Å². The first-order valence-corrected chi connectivity index (χ1v) is 4.50. The van der Waals surface area contributed by atoms with Gasteiger partial charge >= 0.3 is 0 Å². The average Bonchev–Trinajstić information content (AvgIpc) is 2.20. The summed E-state index contributed by atoms with van der Waals surface area (Å²) in [6.45, 7) is 3.64. The van der Waals surface area contributed by atoms with E-state index in [1.165, 1.54) is 12.3 Å². The quantitative estimate of drug-likeness (QED) is 0.545. The van der Waals surface area contributed by atoms with Crippen LogP contribution in [0.25, 0.3) is 0 Å². The summed E-state index contributed by atoms with van der Waals surface area (Å²) in [4.78, 5) is 15.3. The number of nitrogens with zero attached hydrogens (tertiary/aromatic N) is 1. The van der Waals surface area contributed by atoms with E-state index in [0.29, 0.717) is 12.0 Å². The summed E-state index contributed by atoms with van der Waals surface area (Å²) in [6, 6.07) is 1.40. The molecule has 0 bridgehead atoms. The van der Waals surface area contributed by atoms with E-state index < -0.39 is 5.82 Å². The van der Waals surface area contributed by atoms with Crippen LogP contribution >= 0.6 is 0 Å². The number of rotatable bonds is 3. The van der Waals surface area contributed by atoms with Crippen LogP contribution < -0.4 is 0 Å². The van der Waals surface area contributed by atoms with Gasteiger partial charge in [0, 0.05) is 6.20 Å². The number of Topliss-reactive ketones (excluding diaryl/α,β-unsaturated/α-hetero) is 1. The van der Waals surface area contributed by atoms with Crippen molar-refractivity contribution in [3.8, 4) is 0 Å². The van der Waals surface area contributed by atoms with Gasteiger partial charge < -0.3 is 0 Å². The summed E-state index contributed by atoms with van der Waals surface area (Å²) < 4.78 is 13.2. The first kappa shape index (κ1) is 10.6. The molecule has 0 atom stereocenters. The number of pyridine rings is 1. The molecule has 1 aromatic rings. The minimum atomic E-state index is -0.565. The van der Waals surface area contributed by atoms with Gasteiger partial charge in [0.1, 0.15) is 0 Å². The topological polar surface area (TPSA) is 30.0 Å². The van der Waals surface area contributed by atoms with Crippen LogP contribution in [0.3, 0.4) is 0 Å². The molecule has 0 saturated heterocycles. The molecule has 2 nitrogen and oxygen atoms in total. The van der Waals surface area contributed by atoms with E-state index in [1.807, 2.05) is 6.92 Å². The fraction of sp³-hybridized carbons (Fsp3) is 0.273. The molecule has 1 heterocycles. The van der Waals surface area contributed by atoms with Gasteiger partial charge in [0.05, 0.1) is 11.8 Å². The highest BCUT2D eigenvalue weighted by atomic mass is 19.1. The maximum atomic E-state index is 13.2. The Morgan fingerprint density at radius 3 is 2.86 bits per heavy atom. The zero-order chi connectivity index (χ0) is 10.6.